The highest BCUT2D eigenvalue weighted by atomic mass is 16.2. The zero-order chi connectivity index (χ0) is 14.2. The lowest BCUT2D eigenvalue weighted by molar-refractivity contribution is -0.117. The van der Waals surface area contributed by atoms with Crippen LogP contribution in [-0.4, -0.2) is 12.5 Å². The first kappa shape index (κ1) is 14.9. The molecule has 0 aromatic heterocycles. The maximum absolute atomic E-state index is 11.6. The molecule has 0 heterocycles. The number of carbonyl (C=O) groups excluding carboxylic acids is 1. The van der Waals surface area contributed by atoms with E-state index in [-0.39, 0.29) is 11.8 Å². The summed E-state index contributed by atoms with van der Waals surface area (Å²) >= 11 is 0. The lowest BCUT2D eigenvalue weighted by atomic mass is 10.1. The second-order valence-electron chi connectivity index (χ2n) is 5.68. The first-order valence-electron chi connectivity index (χ1n) is 7.94. The fraction of sp³-hybridized carbons (Fsp3) is 0.588. The lowest BCUT2D eigenvalue weighted by Crippen LogP contribution is -2.13. The number of unbranched alkanes of at least 4 members (excludes halogenated alkanes) is 4. The lowest BCUT2D eigenvalue weighted by Gasteiger charge is -2.08. The molecule has 0 radical (unpaired) electrons. The highest BCUT2D eigenvalue weighted by molar-refractivity contribution is 5.94. The molecule has 1 aromatic rings. The number of hydrogen-bond donors (Lipinski definition) is 2. The molecule has 0 unspecified atom stereocenters. The van der Waals surface area contributed by atoms with Gasteiger partial charge < -0.3 is 10.6 Å². The second kappa shape index (κ2) is 7.93. The first-order chi connectivity index (χ1) is 9.79. The molecule has 1 aliphatic rings. The Morgan fingerprint density at radius 3 is 2.35 bits per heavy atom. The molecule has 0 bridgehead atoms. The minimum atomic E-state index is 0.168. The Morgan fingerprint density at radius 2 is 1.70 bits per heavy atom. The van der Waals surface area contributed by atoms with Crippen molar-refractivity contribution in [1.29, 1.82) is 0 Å². The number of hydrogen-bond acceptors (Lipinski definition) is 2. The van der Waals surface area contributed by atoms with Crippen LogP contribution in [0, 0.1) is 5.92 Å². The van der Waals surface area contributed by atoms with Crippen LogP contribution in [0.2, 0.25) is 0 Å². The van der Waals surface area contributed by atoms with Gasteiger partial charge in [0.1, 0.15) is 0 Å². The fourth-order valence-corrected chi connectivity index (χ4v) is 2.22. The van der Waals surface area contributed by atoms with Crippen molar-refractivity contribution in [2.24, 2.45) is 5.92 Å². The molecule has 3 nitrogen and oxygen atoms in total. The predicted octanol–water partition coefficient (Wildman–Crippen LogP) is 4.42. The molecule has 2 N–H and O–H groups in total. The van der Waals surface area contributed by atoms with Crippen LogP contribution < -0.4 is 10.6 Å². The minimum absolute atomic E-state index is 0.168. The SMILES string of the molecule is CCCCCCCNc1ccc(NC(=O)C2CC2)cc1. The molecular formula is C17H26N2O. The van der Waals surface area contributed by atoms with Crippen molar-refractivity contribution in [1.82, 2.24) is 0 Å². The van der Waals surface area contributed by atoms with Gasteiger partial charge in [-0.25, -0.2) is 0 Å². The van der Waals surface area contributed by atoms with Crippen LogP contribution in [0.5, 0.6) is 0 Å². The predicted molar refractivity (Wildman–Crippen MR) is 85.0 cm³/mol. The van der Waals surface area contributed by atoms with Gasteiger partial charge in [0.05, 0.1) is 0 Å². The minimum Gasteiger partial charge on any atom is -0.385 e. The van der Waals surface area contributed by atoms with E-state index in [9.17, 15) is 4.79 Å². The van der Waals surface area contributed by atoms with Crippen molar-refractivity contribution < 1.29 is 4.79 Å². The zero-order valence-corrected chi connectivity index (χ0v) is 12.5. The molecule has 1 fully saturated rings. The summed E-state index contributed by atoms with van der Waals surface area (Å²) in [5.41, 5.74) is 2.03. The van der Waals surface area contributed by atoms with E-state index in [2.05, 4.69) is 17.6 Å². The van der Waals surface area contributed by atoms with Crippen molar-refractivity contribution in [2.45, 2.75) is 51.9 Å². The van der Waals surface area contributed by atoms with Crippen LogP contribution in [0.3, 0.4) is 0 Å². The Bertz CT molecular complexity index is 410. The largest absolute Gasteiger partial charge is 0.385 e. The fourth-order valence-electron chi connectivity index (χ4n) is 2.22. The Kier molecular flexibility index (Phi) is 5.90. The summed E-state index contributed by atoms with van der Waals surface area (Å²) in [7, 11) is 0. The summed E-state index contributed by atoms with van der Waals surface area (Å²) in [6.45, 7) is 3.26. The van der Waals surface area contributed by atoms with Gasteiger partial charge in [-0.1, -0.05) is 32.6 Å². The molecule has 1 aliphatic carbocycles. The van der Waals surface area contributed by atoms with Gasteiger partial charge in [0, 0.05) is 23.8 Å². The maximum Gasteiger partial charge on any atom is 0.227 e. The molecule has 110 valence electrons. The number of nitrogens with one attached hydrogen (secondary N) is 2. The molecular weight excluding hydrogens is 248 g/mol. The smallest absolute Gasteiger partial charge is 0.227 e. The van der Waals surface area contributed by atoms with E-state index < -0.39 is 0 Å². The molecule has 0 saturated heterocycles. The van der Waals surface area contributed by atoms with E-state index >= 15 is 0 Å². The Balaban J connectivity index is 1.64. The summed E-state index contributed by atoms with van der Waals surface area (Å²) in [6.07, 6.45) is 8.59. The Labute approximate surface area is 122 Å². The monoisotopic (exact) mass is 274 g/mol. The van der Waals surface area contributed by atoms with Crippen molar-refractivity contribution in [3.8, 4) is 0 Å². The molecule has 1 saturated carbocycles. The average molecular weight is 274 g/mol. The molecule has 1 amide bonds. The molecule has 0 atom stereocenters. The highest BCUT2D eigenvalue weighted by Gasteiger charge is 2.29. The maximum atomic E-state index is 11.6. The average Bonchev–Trinajstić information content (AvgIpc) is 3.29. The van der Waals surface area contributed by atoms with Gasteiger partial charge in [-0.15, -0.1) is 0 Å². The van der Waals surface area contributed by atoms with Gasteiger partial charge in [-0.2, -0.15) is 0 Å². The summed E-state index contributed by atoms with van der Waals surface area (Å²) in [5.74, 6) is 0.428. The summed E-state index contributed by atoms with van der Waals surface area (Å²) < 4.78 is 0. The van der Waals surface area contributed by atoms with Gasteiger partial charge in [0.25, 0.3) is 0 Å². The van der Waals surface area contributed by atoms with Crippen molar-refractivity contribution in [2.75, 3.05) is 17.2 Å². The highest BCUT2D eigenvalue weighted by Crippen LogP contribution is 2.30. The zero-order valence-electron chi connectivity index (χ0n) is 12.5. The third kappa shape index (κ3) is 5.24. The van der Waals surface area contributed by atoms with E-state index in [1.165, 1.54) is 32.1 Å². The second-order valence-corrected chi connectivity index (χ2v) is 5.68. The van der Waals surface area contributed by atoms with Crippen molar-refractivity contribution >= 4 is 17.3 Å². The van der Waals surface area contributed by atoms with E-state index in [1.807, 2.05) is 24.3 Å². The molecule has 3 heteroatoms. The Morgan fingerprint density at radius 1 is 1.05 bits per heavy atom. The molecule has 0 aliphatic heterocycles. The van der Waals surface area contributed by atoms with E-state index in [0.29, 0.717) is 0 Å². The normalized spacial score (nSPS) is 14.1. The van der Waals surface area contributed by atoms with Crippen LogP contribution in [0.25, 0.3) is 0 Å². The van der Waals surface area contributed by atoms with E-state index in [0.717, 1.165) is 30.8 Å². The number of anilines is 2. The first-order valence-corrected chi connectivity index (χ1v) is 7.94. The van der Waals surface area contributed by atoms with Crippen LogP contribution in [0.4, 0.5) is 11.4 Å². The van der Waals surface area contributed by atoms with Crippen LogP contribution in [0.1, 0.15) is 51.9 Å². The standard InChI is InChI=1S/C17H26N2O/c1-2-3-4-5-6-13-18-15-9-11-16(12-10-15)19-17(20)14-7-8-14/h9-12,14,18H,2-8,13H2,1H3,(H,19,20). The molecule has 1 aromatic carbocycles. The summed E-state index contributed by atoms with van der Waals surface area (Å²) in [6, 6.07) is 8.02. The molecule has 20 heavy (non-hydrogen) atoms. The third-order valence-electron chi connectivity index (χ3n) is 3.71. The number of amides is 1. The van der Waals surface area contributed by atoms with Gasteiger partial charge in [0.2, 0.25) is 5.91 Å². The summed E-state index contributed by atoms with van der Waals surface area (Å²) in [4.78, 5) is 11.6. The van der Waals surface area contributed by atoms with Gasteiger partial charge in [-0.3, -0.25) is 4.79 Å². The quantitative estimate of drug-likeness (QED) is 0.655. The van der Waals surface area contributed by atoms with Crippen LogP contribution in [0.15, 0.2) is 24.3 Å². The van der Waals surface area contributed by atoms with Gasteiger partial charge in [0.15, 0.2) is 0 Å². The number of rotatable bonds is 9. The van der Waals surface area contributed by atoms with E-state index in [4.69, 9.17) is 0 Å². The number of benzene rings is 1. The summed E-state index contributed by atoms with van der Waals surface area (Å²) in [5, 5.41) is 6.38. The van der Waals surface area contributed by atoms with Crippen LogP contribution in [-0.2, 0) is 4.79 Å². The topological polar surface area (TPSA) is 41.1 Å². The Hall–Kier alpha value is -1.51. The third-order valence-corrected chi connectivity index (χ3v) is 3.71. The van der Waals surface area contributed by atoms with Crippen molar-refractivity contribution in [3.63, 3.8) is 0 Å². The number of carbonyl (C=O) groups is 1. The van der Waals surface area contributed by atoms with Gasteiger partial charge in [-0.05, 0) is 43.5 Å². The molecule has 0 spiro atoms. The van der Waals surface area contributed by atoms with Gasteiger partial charge >= 0.3 is 0 Å². The van der Waals surface area contributed by atoms with Crippen molar-refractivity contribution in [3.05, 3.63) is 24.3 Å². The van der Waals surface area contributed by atoms with Crippen LogP contribution >= 0.6 is 0 Å². The molecule has 2 rings (SSSR count). The van der Waals surface area contributed by atoms with E-state index in [1.54, 1.807) is 0 Å².